The molecular formula is C26H32N2O3S. The lowest BCUT2D eigenvalue weighted by atomic mass is 9.89. The number of Topliss-reactive ketones (excluding diaryl/α,β-unsaturated/α-hetero) is 1. The third-order valence-electron chi connectivity index (χ3n) is 5.29. The molecule has 0 bridgehead atoms. The van der Waals surface area contributed by atoms with E-state index in [1.54, 1.807) is 0 Å². The molecule has 1 atom stereocenters. The Hall–Kier alpha value is -2.86. The van der Waals surface area contributed by atoms with Crippen LogP contribution in [0.15, 0.2) is 59.8 Å². The van der Waals surface area contributed by atoms with Crippen LogP contribution < -0.4 is 14.8 Å². The molecule has 0 saturated heterocycles. The molecule has 0 radical (unpaired) electrons. The fourth-order valence-electron chi connectivity index (χ4n) is 3.89. The second kappa shape index (κ2) is 10.6. The average Bonchev–Trinajstić information content (AvgIpc) is 2.77. The van der Waals surface area contributed by atoms with Crippen molar-refractivity contribution in [3.8, 4) is 11.5 Å². The summed E-state index contributed by atoms with van der Waals surface area (Å²) in [7, 11) is 0. The van der Waals surface area contributed by atoms with Crippen LogP contribution in [0.5, 0.6) is 11.5 Å². The highest BCUT2D eigenvalue weighted by molar-refractivity contribution is 7.80. The van der Waals surface area contributed by atoms with E-state index in [2.05, 4.69) is 12.2 Å². The lowest BCUT2D eigenvalue weighted by Crippen LogP contribution is -2.47. The lowest BCUT2D eigenvalue weighted by molar-refractivity contribution is 0.102. The van der Waals surface area contributed by atoms with Crippen LogP contribution in [-0.4, -0.2) is 35.1 Å². The smallest absolute Gasteiger partial charge is 0.193 e. The minimum absolute atomic E-state index is 0.00956. The lowest BCUT2D eigenvalue weighted by Gasteiger charge is -2.38. The van der Waals surface area contributed by atoms with E-state index in [4.69, 9.17) is 21.7 Å². The zero-order chi connectivity index (χ0) is 23.3. The predicted molar refractivity (Wildman–Crippen MR) is 132 cm³/mol. The fraction of sp³-hybridized carbons (Fsp3) is 0.385. The van der Waals surface area contributed by atoms with Gasteiger partial charge in [0.15, 0.2) is 22.4 Å². The maximum Gasteiger partial charge on any atom is 0.193 e. The van der Waals surface area contributed by atoms with Gasteiger partial charge in [-0.2, -0.15) is 0 Å². The fourth-order valence-corrected chi connectivity index (χ4v) is 4.23. The molecule has 32 heavy (non-hydrogen) atoms. The summed E-state index contributed by atoms with van der Waals surface area (Å²) in [5, 5.41) is 4.04. The number of benzene rings is 2. The number of hydrogen-bond donors (Lipinski definition) is 1. The Morgan fingerprint density at radius 3 is 2.47 bits per heavy atom. The minimum atomic E-state index is -0.379. The van der Waals surface area contributed by atoms with E-state index in [-0.39, 0.29) is 17.9 Å². The van der Waals surface area contributed by atoms with Crippen molar-refractivity contribution in [2.45, 2.75) is 53.2 Å². The molecule has 0 fully saturated rings. The van der Waals surface area contributed by atoms with Crippen LogP contribution in [0, 0.1) is 0 Å². The highest BCUT2D eigenvalue weighted by atomic mass is 32.1. The zero-order valence-electron chi connectivity index (χ0n) is 19.5. The number of hydrogen-bond acceptors (Lipinski definition) is 4. The second-order valence-electron chi connectivity index (χ2n) is 8.03. The van der Waals surface area contributed by atoms with Crippen molar-refractivity contribution < 1.29 is 14.3 Å². The van der Waals surface area contributed by atoms with Crippen LogP contribution in [0.3, 0.4) is 0 Å². The number of allylic oxidation sites excluding steroid dienone is 1. The first kappa shape index (κ1) is 23.8. The SMILES string of the molecule is CCCN1C(=S)NC(c2ccc(OC(C)C)c(OCC)c2)C(C(=O)c2ccccc2)=C1C. The maximum atomic E-state index is 13.6. The number of ether oxygens (including phenoxy) is 2. The van der Waals surface area contributed by atoms with Crippen molar-refractivity contribution in [3.63, 3.8) is 0 Å². The number of rotatable bonds is 9. The molecule has 0 amide bonds. The first-order valence-electron chi connectivity index (χ1n) is 11.2. The average molecular weight is 453 g/mol. The summed E-state index contributed by atoms with van der Waals surface area (Å²) < 4.78 is 11.8. The number of ketones is 1. The third-order valence-corrected chi connectivity index (χ3v) is 5.63. The summed E-state index contributed by atoms with van der Waals surface area (Å²) in [5.74, 6) is 1.34. The van der Waals surface area contributed by atoms with E-state index in [9.17, 15) is 4.79 Å². The van der Waals surface area contributed by atoms with Crippen LogP contribution in [0.1, 0.15) is 63.0 Å². The maximum absolute atomic E-state index is 13.6. The normalized spacial score (nSPS) is 16.2. The van der Waals surface area contributed by atoms with Gasteiger partial charge in [0.2, 0.25) is 0 Å². The molecule has 0 saturated carbocycles. The number of nitrogens with zero attached hydrogens (tertiary/aromatic N) is 1. The van der Waals surface area contributed by atoms with Crippen molar-refractivity contribution >= 4 is 23.1 Å². The molecule has 170 valence electrons. The first-order chi connectivity index (χ1) is 15.4. The minimum Gasteiger partial charge on any atom is -0.490 e. The van der Waals surface area contributed by atoms with E-state index in [0.29, 0.717) is 34.4 Å². The van der Waals surface area contributed by atoms with Crippen molar-refractivity contribution in [1.29, 1.82) is 0 Å². The van der Waals surface area contributed by atoms with E-state index < -0.39 is 0 Å². The van der Waals surface area contributed by atoms with E-state index >= 15 is 0 Å². The van der Waals surface area contributed by atoms with Gasteiger partial charge in [0.1, 0.15) is 0 Å². The number of carbonyl (C=O) groups excluding carboxylic acids is 1. The van der Waals surface area contributed by atoms with Crippen molar-refractivity contribution in [2.24, 2.45) is 0 Å². The van der Waals surface area contributed by atoms with Crippen molar-refractivity contribution in [3.05, 3.63) is 70.9 Å². The Bertz CT molecular complexity index is 1000. The molecular weight excluding hydrogens is 420 g/mol. The molecule has 0 spiro atoms. The van der Waals surface area contributed by atoms with Crippen LogP contribution >= 0.6 is 12.2 Å². The summed E-state index contributed by atoms with van der Waals surface area (Å²) in [4.78, 5) is 15.7. The first-order valence-corrected chi connectivity index (χ1v) is 11.6. The Morgan fingerprint density at radius 1 is 1.12 bits per heavy atom. The molecule has 0 aliphatic carbocycles. The Morgan fingerprint density at radius 2 is 1.84 bits per heavy atom. The van der Waals surface area contributed by atoms with E-state index in [1.165, 1.54) is 0 Å². The molecule has 6 heteroatoms. The summed E-state index contributed by atoms with van der Waals surface area (Å²) in [6.45, 7) is 11.3. The highest BCUT2D eigenvalue weighted by Gasteiger charge is 2.34. The van der Waals surface area contributed by atoms with Crippen LogP contribution in [0.25, 0.3) is 0 Å². The standard InChI is InChI=1S/C26H32N2O3S/c1-6-15-28-18(5)23(25(29)19-11-9-8-10-12-19)24(27-26(28)32)20-13-14-21(31-17(3)4)22(16-20)30-7-2/h8-14,16-17,24H,6-7,15H2,1-5H3,(H,27,32). The van der Waals surface area contributed by atoms with E-state index in [1.807, 2.05) is 81.1 Å². The van der Waals surface area contributed by atoms with Gasteiger partial charge in [-0.05, 0) is 64.0 Å². The Kier molecular flexibility index (Phi) is 7.91. The van der Waals surface area contributed by atoms with Gasteiger partial charge >= 0.3 is 0 Å². The quantitative estimate of drug-likeness (QED) is 0.391. The summed E-state index contributed by atoms with van der Waals surface area (Å²) in [6, 6.07) is 14.8. The molecule has 1 aliphatic heterocycles. The van der Waals surface area contributed by atoms with Crippen LogP contribution in [-0.2, 0) is 0 Å². The molecule has 1 N–H and O–H groups in total. The van der Waals surface area contributed by atoms with Gasteiger partial charge in [0, 0.05) is 23.4 Å². The Balaban J connectivity index is 2.11. The van der Waals surface area contributed by atoms with Crippen LogP contribution in [0.2, 0.25) is 0 Å². The monoisotopic (exact) mass is 452 g/mol. The van der Waals surface area contributed by atoms with Crippen LogP contribution in [0.4, 0.5) is 0 Å². The zero-order valence-corrected chi connectivity index (χ0v) is 20.3. The molecule has 0 aromatic heterocycles. The van der Waals surface area contributed by atoms with Gasteiger partial charge in [-0.15, -0.1) is 0 Å². The summed E-state index contributed by atoms with van der Waals surface area (Å²) in [5.41, 5.74) is 3.14. The summed E-state index contributed by atoms with van der Waals surface area (Å²) in [6.07, 6.45) is 0.951. The number of nitrogens with one attached hydrogen (secondary N) is 1. The molecule has 1 aliphatic rings. The predicted octanol–water partition coefficient (Wildman–Crippen LogP) is 5.67. The highest BCUT2D eigenvalue weighted by Crippen LogP contribution is 2.37. The third kappa shape index (κ3) is 5.13. The van der Waals surface area contributed by atoms with Crippen molar-refractivity contribution in [2.75, 3.05) is 13.2 Å². The molecule has 1 heterocycles. The molecule has 1 unspecified atom stereocenters. The molecule has 2 aromatic carbocycles. The Labute approximate surface area is 196 Å². The van der Waals surface area contributed by atoms with Gasteiger partial charge in [-0.25, -0.2) is 0 Å². The molecule has 2 aromatic rings. The second-order valence-corrected chi connectivity index (χ2v) is 8.42. The van der Waals surface area contributed by atoms with Crippen molar-refractivity contribution in [1.82, 2.24) is 10.2 Å². The summed E-state index contributed by atoms with van der Waals surface area (Å²) >= 11 is 5.68. The molecule has 3 rings (SSSR count). The number of carbonyl (C=O) groups is 1. The van der Waals surface area contributed by atoms with E-state index in [0.717, 1.165) is 24.2 Å². The van der Waals surface area contributed by atoms with Gasteiger partial charge < -0.3 is 19.7 Å². The van der Waals surface area contributed by atoms with Gasteiger partial charge in [-0.3, -0.25) is 4.79 Å². The van der Waals surface area contributed by atoms with Gasteiger partial charge in [0.05, 0.1) is 18.8 Å². The van der Waals surface area contributed by atoms with Gasteiger partial charge in [-0.1, -0.05) is 43.3 Å². The van der Waals surface area contributed by atoms with Gasteiger partial charge in [0.25, 0.3) is 0 Å². The largest absolute Gasteiger partial charge is 0.490 e. The topological polar surface area (TPSA) is 50.8 Å². The number of thiocarbonyl (C=S) groups is 1. The molecule has 5 nitrogen and oxygen atoms in total.